The summed E-state index contributed by atoms with van der Waals surface area (Å²) in [5.41, 5.74) is 1.77. The van der Waals surface area contributed by atoms with E-state index in [0.717, 1.165) is 10.5 Å². The number of amides is 3. The molecule has 1 fully saturated rings. The van der Waals surface area contributed by atoms with E-state index in [0.29, 0.717) is 22.1 Å². The third-order valence-corrected chi connectivity index (χ3v) is 5.36. The van der Waals surface area contributed by atoms with Crippen molar-refractivity contribution in [2.45, 2.75) is 19.0 Å². The number of hydrogen-bond acceptors (Lipinski definition) is 7. The fraction of sp³-hybridized carbons (Fsp3) is 0.250. The summed E-state index contributed by atoms with van der Waals surface area (Å²) in [6, 6.07) is 9.81. The van der Waals surface area contributed by atoms with Crippen molar-refractivity contribution >= 4 is 40.7 Å². The lowest BCUT2D eigenvalue weighted by Crippen LogP contribution is -2.43. The number of carbonyl (C=O) groups is 3. The Hall–Kier alpha value is -3.46. The van der Waals surface area contributed by atoms with Crippen LogP contribution in [0.5, 0.6) is 5.75 Å². The minimum absolute atomic E-state index is 0.224. The van der Waals surface area contributed by atoms with Gasteiger partial charge in [-0.15, -0.1) is 0 Å². The average Bonchev–Trinajstić information content (AvgIpc) is 3.24. The van der Waals surface area contributed by atoms with Gasteiger partial charge in [0, 0.05) is 10.7 Å². The molecule has 0 aliphatic carbocycles. The van der Waals surface area contributed by atoms with Crippen LogP contribution in [0.1, 0.15) is 5.56 Å². The third-order valence-electron chi connectivity index (χ3n) is 4.95. The van der Waals surface area contributed by atoms with Gasteiger partial charge in [0.05, 0.1) is 12.8 Å². The van der Waals surface area contributed by atoms with Gasteiger partial charge in [-0.25, -0.2) is 4.90 Å². The van der Waals surface area contributed by atoms with Crippen LogP contribution in [0, 0.1) is 6.92 Å². The summed E-state index contributed by atoms with van der Waals surface area (Å²) in [5, 5.41) is 12.2. The van der Waals surface area contributed by atoms with E-state index in [4.69, 9.17) is 16.3 Å². The summed E-state index contributed by atoms with van der Waals surface area (Å²) in [6.07, 6.45) is 0. The molecule has 0 radical (unpaired) electrons. The minimum atomic E-state index is -0.980. The molecule has 30 heavy (non-hydrogen) atoms. The summed E-state index contributed by atoms with van der Waals surface area (Å²) >= 11 is 6.14. The van der Waals surface area contributed by atoms with Crippen LogP contribution in [-0.4, -0.2) is 48.5 Å². The Labute approximate surface area is 177 Å². The van der Waals surface area contributed by atoms with Gasteiger partial charge >= 0.3 is 0 Å². The number of ether oxygens (including phenoxy) is 1. The first-order valence-electron chi connectivity index (χ1n) is 9.14. The Kier molecular flexibility index (Phi) is 5.13. The Morgan fingerprint density at radius 1 is 1.17 bits per heavy atom. The van der Waals surface area contributed by atoms with Crippen molar-refractivity contribution < 1.29 is 19.1 Å². The van der Waals surface area contributed by atoms with E-state index in [-0.39, 0.29) is 6.54 Å². The Morgan fingerprint density at radius 3 is 2.57 bits per heavy atom. The number of nitrogens with one attached hydrogen (secondary N) is 1. The van der Waals surface area contributed by atoms with Gasteiger partial charge in [-0.3, -0.25) is 19.4 Å². The number of hydrogen-bond donors (Lipinski definition) is 1. The van der Waals surface area contributed by atoms with Crippen molar-refractivity contribution in [3.05, 3.63) is 53.1 Å². The quantitative estimate of drug-likeness (QED) is 0.738. The molecule has 0 saturated carbocycles. The number of halogens is 1. The first-order valence-corrected chi connectivity index (χ1v) is 9.52. The molecule has 2 aromatic carbocycles. The molecule has 10 heteroatoms. The Morgan fingerprint density at radius 2 is 1.90 bits per heavy atom. The minimum Gasteiger partial charge on any atom is -0.497 e. The maximum absolute atomic E-state index is 13.0. The van der Waals surface area contributed by atoms with Crippen LogP contribution < -0.4 is 15.0 Å². The molecule has 0 spiro atoms. The zero-order valence-corrected chi connectivity index (χ0v) is 17.0. The first-order chi connectivity index (χ1) is 14.4. The molecule has 0 aromatic heterocycles. The van der Waals surface area contributed by atoms with Crippen molar-refractivity contribution in [1.29, 1.82) is 0 Å². The van der Waals surface area contributed by atoms with Crippen LogP contribution in [0.25, 0.3) is 0 Å². The number of carbonyl (C=O) groups excluding carboxylic acids is 3. The molecule has 2 aliphatic heterocycles. The van der Waals surface area contributed by atoms with Crippen molar-refractivity contribution in [2.75, 3.05) is 23.9 Å². The summed E-state index contributed by atoms with van der Waals surface area (Å²) in [4.78, 5) is 39.2. The van der Waals surface area contributed by atoms with Crippen molar-refractivity contribution in [3.8, 4) is 5.75 Å². The Balaban J connectivity index is 1.47. The van der Waals surface area contributed by atoms with Gasteiger partial charge in [0.25, 0.3) is 11.8 Å². The summed E-state index contributed by atoms with van der Waals surface area (Å²) < 4.78 is 5.08. The molecule has 154 valence electrons. The number of methoxy groups -OCH3 is 1. The zero-order chi connectivity index (χ0) is 21.4. The second-order valence-corrected chi connectivity index (χ2v) is 7.32. The van der Waals surface area contributed by atoms with E-state index in [1.54, 1.807) is 49.6 Å². The van der Waals surface area contributed by atoms with Gasteiger partial charge < -0.3 is 10.1 Å². The molecule has 0 bridgehead atoms. The monoisotopic (exact) mass is 427 g/mol. The lowest BCUT2D eigenvalue weighted by Gasteiger charge is -2.20. The van der Waals surface area contributed by atoms with Gasteiger partial charge in [0.2, 0.25) is 5.91 Å². The second-order valence-electron chi connectivity index (χ2n) is 6.91. The van der Waals surface area contributed by atoms with Crippen molar-refractivity contribution in [3.63, 3.8) is 0 Å². The SMILES string of the molecule is COc1ccc(NC(=O)CN2N=N[C@@H]3C(=O)N(c4ccc(C)c(Cl)c4)C(=O)[C@@H]32)cc1. The van der Waals surface area contributed by atoms with Gasteiger partial charge in [0.1, 0.15) is 12.3 Å². The highest BCUT2D eigenvalue weighted by molar-refractivity contribution is 6.32. The fourth-order valence-electron chi connectivity index (χ4n) is 3.35. The lowest BCUT2D eigenvalue weighted by molar-refractivity contribution is -0.123. The maximum Gasteiger partial charge on any atom is 0.263 e. The van der Waals surface area contributed by atoms with E-state index in [1.807, 2.05) is 6.92 Å². The van der Waals surface area contributed by atoms with Crippen LogP contribution in [0.15, 0.2) is 52.8 Å². The number of aryl methyl sites for hydroxylation is 1. The smallest absolute Gasteiger partial charge is 0.263 e. The molecule has 1 N–H and O–H groups in total. The van der Waals surface area contributed by atoms with Crippen LogP contribution in [0.3, 0.4) is 0 Å². The third kappa shape index (κ3) is 3.48. The molecule has 0 unspecified atom stereocenters. The standard InChI is InChI=1S/C20H18ClN5O4/c1-11-3-6-13(9-15(11)21)26-19(28)17-18(20(26)29)25(24-23-17)10-16(27)22-12-4-7-14(30-2)8-5-12/h3-9,17-18H,10H2,1-2H3,(H,22,27)/t17-,18+/m0/s1. The Bertz CT molecular complexity index is 1060. The van der Waals surface area contributed by atoms with E-state index in [2.05, 4.69) is 15.7 Å². The van der Waals surface area contributed by atoms with Crippen molar-refractivity contribution in [2.24, 2.45) is 10.3 Å². The molecule has 2 aromatic rings. The number of rotatable bonds is 5. The van der Waals surface area contributed by atoms with Crippen LogP contribution in [0.2, 0.25) is 5.02 Å². The number of nitrogens with zero attached hydrogens (tertiary/aromatic N) is 4. The molecule has 1 saturated heterocycles. The predicted molar refractivity (Wildman–Crippen MR) is 109 cm³/mol. The molecule has 4 rings (SSSR count). The number of anilines is 2. The molecule has 2 aliphatic rings. The second kappa shape index (κ2) is 7.75. The summed E-state index contributed by atoms with van der Waals surface area (Å²) in [6.45, 7) is 1.60. The largest absolute Gasteiger partial charge is 0.497 e. The van der Waals surface area contributed by atoms with Crippen LogP contribution in [-0.2, 0) is 14.4 Å². The van der Waals surface area contributed by atoms with E-state index in [9.17, 15) is 14.4 Å². The van der Waals surface area contributed by atoms with Gasteiger partial charge in [-0.1, -0.05) is 22.9 Å². The molecule has 2 heterocycles. The molecule has 3 amide bonds. The highest BCUT2D eigenvalue weighted by atomic mass is 35.5. The van der Waals surface area contributed by atoms with Crippen molar-refractivity contribution in [1.82, 2.24) is 5.01 Å². The number of imide groups is 1. The van der Waals surface area contributed by atoms with Gasteiger partial charge in [0.15, 0.2) is 12.1 Å². The molecular formula is C20H18ClN5O4. The topological polar surface area (TPSA) is 104 Å². The lowest BCUT2D eigenvalue weighted by atomic mass is 10.1. The number of benzene rings is 2. The molecule has 2 atom stereocenters. The van der Waals surface area contributed by atoms with Gasteiger partial charge in [-0.05, 0) is 48.9 Å². The predicted octanol–water partition coefficient (Wildman–Crippen LogP) is 2.59. The van der Waals surface area contributed by atoms with E-state index < -0.39 is 29.8 Å². The first kappa shape index (κ1) is 19.8. The normalized spacial score (nSPS) is 20.0. The summed E-state index contributed by atoms with van der Waals surface area (Å²) in [7, 11) is 1.55. The fourth-order valence-corrected chi connectivity index (χ4v) is 3.53. The van der Waals surface area contributed by atoms with Crippen LogP contribution >= 0.6 is 11.6 Å². The average molecular weight is 428 g/mol. The van der Waals surface area contributed by atoms with E-state index >= 15 is 0 Å². The summed E-state index contributed by atoms with van der Waals surface area (Å²) in [5.74, 6) is -0.716. The van der Waals surface area contributed by atoms with E-state index in [1.165, 1.54) is 5.01 Å². The molecular weight excluding hydrogens is 410 g/mol. The number of fused-ring (bicyclic) bond motifs is 1. The zero-order valence-electron chi connectivity index (χ0n) is 16.2. The molecule has 9 nitrogen and oxygen atoms in total. The van der Waals surface area contributed by atoms with Gasteiger partial charge in [-0.2, -0.15) is 5.11 Å². The maximum atomic E-state index is 13.0. The van der Waals surface area contributed by atoms with Crippen LogP contribution in [0.4, 0.5) is 11.4 Å². The highest BCUT2D eigenvalue weighted by Gasteiger charge is 2.55. The highest BCUT2D eigenvalue weighted by Crippen LogP contribution is 2.33.